The van der Waals surface area contributed by atoms with Gasteiger partial charge in [-0.15, -0.1) is 0 Å². The Balaban J connectivity index is 1.47. The Bertz CT molecular complexity index is 1020. The van der Waals surface area contributed by atoms with Gasteiger partial charge in [-0.05, 0) is 31.0 Å². The summed E-state index contributed by atoms with van der Waals surface area (Å²) in [4.78, 5) is 23.3. The van der Waals surface area contributed by atoms with Crippen molar-refractivity contribution in [2.24, 2.45) is 7.05 Å². The first kappa shape index (κ1) is 18.2. The molecule has 8 nitrogen and oxygen atoms in total. The number of benzene rings is 1. The average molecular weight is 379 g/mol. The molecule has 0 bridgehead atoms. The van der Waals surface area contributed by atoms with Crippen molar-refractivity contribution in [3.63, 3.8) is 0 Å². The zero-order chi connectivity index (χ0) is 19.7. The zero-order valence-corrected chi connectivity index (χ0v) is 16.5. The van der Waals surface area contributed by atoms with Gasteiger partial charge in [0.25, 0.3) is 0 Å². The number of aromatic nitrogens is 5. The minimum atomic E-state index is -0.0462. The topological polar surface area (TPSA) is 80.9 Å². The summed E-state index contributed by atoms with van der Waals surface area (Å²) in [6.07, 6.45) is 4.27. The average Bonchev–Trinajstić information content (AvgIpc) is 2.85. The van der Waals surface area contributed by atoms with E-state index in [1.807, 2.05) is 20.2 Å². The van der Waals surface area contributed by atoms with Gasteiger partial charge in [0.05, 0.1) is 5.69 Å². The molecular weight excluding hydrogens is 354 g/mol. The van der Waals surface area contributed by atoms with Crippen molar-refractivity contribution < 1.29 is 0 Å². The highest BCUT2D eigenvalue weighted by Crippen LogP contribution is 2.22. The number of anilines is 2. The second kappa shape index (κ2) is 7.46. The molecule has 1 aliphatic heterocycles. The van der Waals surface area contributed by atoms with E-state index in [1.165, 1.54) is 4.68 Å². The fraction of sp³-hybridized carbons (Fsp3) is 0.400. The third kappa shape index (κ3) is 3.62. The van der Waals surface area contributed by atoms with Crippen LogP contribution in [0.15, 0.2) is 41.3 Å². The molecule has 2 aromatic heterocycles. The molecule has 0 radical (unpaired) electrons. The molecule has 3 aromatic rings. The molecule has 28 heavy (non-hydrogen) atoms. The van der Waals surface area contributed by atoms with Crippen molar-refractivity contribution in [2.75, 3.05) is 24.3 Å². The van der Waals surface area contributed by atoms with Gasteiger partial charge in [-0.2, -0.15) is 5.10 Å². The number of rotatable bonds is 4. The maximum atomic E-state index is 12.1. The number of nitrogens with one attached hydrogen (secondary N) is 1. The number of hydrogen-bond acceptors (Lipinski definition) is 6. The third-order valence-electron chi connectivity index (χ3n) is 5.17. The second-order valence-electron chi connectivity index (χ2n) is 7.35. The first-order valence-electron chi connectivity index (χ1n) is 9.51. The van der Waals surface area contributed by atoms with Crippen molar-refractivity contribution in [3.05, 3.63) is 52.8 Å². The maximum Gasteiger partial charge on any atom is 0.345 e. The lowest BCUT2D eigenvalue weighted by atomic mass is 10.1. The third-order valence-corrected chi connectivity index (χ3v) is 5.17. The lowest BCUT2D eigenvalue weighted by Gasteiger charge is -2.16. The van der Waals surface area contributed by atoms with Crippen molar-refractivity contribution >= 4 is 11.6 Å². The highest BCUT2D eigenvalue weighted by molar-refractivity contribution is 5.63. The highest BCUT2D eigenvalue weighted by Gasteiger charge is 2.20. The van der Waals surface area contributed by atoms with Gasteiger partial charge >= 0.3 is 5.69 Å². The van der Waals surface area contributed by atoms with Crippen LogP contribution in [0.2, 0.25) is 0 Å². The Morgan fingerprint density at radius 2 is 1.93 bits per heavy atom. The molecule has 8 heteroatoms. The molecule has 4 rings (SSSR count). The van der Waals surface area contributed by atoms with Crippen molar-refractivity contribution in [2.45, 2.75) is 31.8 Å². The lowest BCUT2D eigenvalue weighted by molar-refractivity contribution is 0.559. The monoisotopic (exact) mass is 379 g/mol. The molecule has 1 aliphatic rings. The van der Waals surface area contributed by atoms with Gasteiger partial charge in [0.2, 0.25) is 5.95 Å². The molecule has 0 saturated heterocycles. The van der Waals surface area contributed by atoms with Crippen molar-refractivity contribution in [3.8, 4) is 11.3 Å². The SMILES string of the molecule is CN(C)c1ccc(-c2ccnc(NC3CCc4nn(C)c(=O)n4CC3)n2)cc1. The van der Waals surface area contributed by atoms with Crippen molar-refractivity contribution in [1.82, 2.24) is 24.3 Å². The Morgan fingerprint density at radius 3 is 2.68 bits per heavy atom. The van der Waals surface area contributed by atoms with Gasteiger partial charge in [0.1, 0.15) is 5.82 Å². The van der Waals surface area contributed by atoms with Crippen LogP contribution in [-0.4, -0.2) is 44.5 Å². The number of hydrogen-bond donors (Lipinski definition) is 1. The summed E-state index contributed by atoms with van der Waals surface area (Å²) < 4.78 is 3.18. The largest absolute Gasteiger partial charge is 0.378 e. The molecule has 1 N–H and O–H groups in total. The number of nitrogens with zero attached hydrogens (tertiary/aromatic N) is 6. The van der Waals surface area contributed by atoms with Gasteiger partial charge in [0.15, 0.2) is 0 Å². The molecular formula is C20H25N7O. The Morgan fingerprint density at radius 1 is 1.14 bits per heavy atom. The van der Waals surface area contributed by atoms with Gasteiger partial charge in [-0.1, -0.05) is 12.1 Å². The molecule has 146 valence electrons. The molecule has 1 aromatic carbocycles. The summed E-state index contributed by atoms with van der Waals surface area (Å²) in [7, 11) is 5.75. The highest BCUT2D eigenvalue weighted by atomic mass is 16.2. The van der Waals surface area contributed by atoms with E-state index in [1.54, 1.807) is 17.8 Å². The van der Waals surface area contributed by atoms with E-state index < -0.39 is 0 Å². The smallest absolute Gasteiger partial charge is 0.345 e. The van der Waals surface area contributed by atoms with Gasteiger partial charge in [-0.3, -0.25) is 4.57 Å². The molecule has 0 spiro atoms. The standard InChI is InChI=1S/C20H25N7O/c1-25(2)16-7-4-14(5-8-16)17-10-12-21-19(23-17)22-15-6-9-18-24-26(3)20(28)27(18)13-11-15/h4-5,7-8,10,12,15H,6,9,11,13H2,1-3H3,(H,21,22,23). The second-order valence-corrected chi connectivity index (χ2v) is 7.35. The van der Waals surface area contributed by atoms with Gasteiger partial charge in [0, 0.05) is 57.6 Å². The number of fused-ring (bicyclic) bond motifs is 1. The van der Waals surface area contributed by atoms with Crippen LogP contribution in [0.25, 0.3) is 11.3 Å². The maximum absolute atomic E-state index is 12.1. The van der Waals surface area contributed by atoms with E-state index in [0.717, 1.165) is 42.0 Å². The molecule has 1 unspecified atom stereocenters. The van der Waals surface area contributed by atoms with E-state index in [-0.39, 0.29) is 11.7 Å². The predicted octanol–water partition coefficient (Wildman–Crippen LogP) is 1.92. The first-order chi connectivity index (χ1) is 13.5. The Hall–Kier alpha value is -3.16. The van der Waals surface area contributed by atoms with E-state index in [9.17, 15) is 4.79 Å². The molecule has 0 saturated carbocycles. The fourth-order valence-corrected chi connectivity index (χ4v) is 3.54. The predicted molar refractivity (Wildman–Crippen MR) is 110 cm³/mol. The summed E-state index contributed by atoms with van der Waals surface area (Å²) in [6, 6.07) is 10.4. The summed E-state index contributed by atoms with van der Waals surface area (Å²) in [5.74, 6) is 1.47. The van der Waals surface area contributed by atoms with Crippen LogP contribution in [-0.2, 0) is 20.0 Å². The summed E-state index contributed by atoms with van der Waals surface area (Å²) in [5.41, 5.74) is 3.05. The van der Waals surface area contributed by atoms with E-state index in [0.29, 0.717) is 12.5 Å². The Kier molecular flexibility index (Phi) is 4.85. The van der Waals surface area contributed by atoms with Gasteiger partial charge in [-0.25, -0.2) is 19.4 Å². The Labute approximate surface area is 163 Å². The van der Waals surface area contributed by atoms with Crippen LogP contribution in [0, 0.1) is 0 Å². The first-order valence-corrected chi connectivity index (χ1v) is 9.51. The van der Waals surface area contributed by atoms with Crippen LogP contribution in [0.3, 0.4) is 0 Å². The zero-order valence-electron chi connectivity index (χ0n) is 16.5. The quantitative estimate of drug-likeness (QED) is 0.746. The molecule has 1 atom stereocenters. The normalized spacial score (nSPS) is 16.3. The fourth-order valence-electron chi connectivity index (χ4n) is 3.54. The molecule has 0 aliphatic carbocycles. The van der Waals surface area contributed by atoms with Crippen molar-refractivity contribution in [1.29, 1.82) is 0 Å². The molecule has 0 amide bonds. The lowest BCUT2D eigenvalue weighted by Crippen LogP contribution is -2.26. The van der Waals surface area contributed by atoms with Crippen LogP contribution in [0.5, 0.6) is 0 Å². The summed E-state index contributed by atoms with van der Waals surface area (Å²) in [5, 5.41) is 7.77. The number of aryl methyl sites for hydroxylation is 2. The van der Waals surface area contributed by atoms with Crippen LogP contribution < -0.4 is 15.9 Å². The minimum absolute atomic E-state index is 0.0462. The van der Waals surface area contributed by atoms with E-state index in [4.69, 9.17) is 0 Å². The van der Waals surface area contributed by atoms with E-state index >= 15 is 0 Å². The van der Waals surface area contributed by atoms with Crippen LogP contribution in [0.1, 0.15) is 18.7 Å². The molecule has 0 fully saturated rings. The summed E-state index contributed by atoms with van der Waals surface area (Å²) >= 11 is 0. The van der Waals surface area contributed by atoms with Crippen LogP contribution >= 0.6 is 0 Å². The van der Waals surface area contributed by atoms with E-state index in [2.05, 4.69) is 49.5 Å². The van der Waals surface area contributed by atoms with Crippen LogP contribution in [0.4, 0.5) is 11.6 Å². The summed E-state index contributed by atoms with van der Waals surface area (Å²) in [6.45, 7) is 0.658. The molecule has 3 heterocycles. The minimum Gasteiger partial charge on any atom is -0.378 e. The van der Waals surface area contributed by atoms with Gasteiger partial charge < -0.3 is 10.2 Å².